The highest BCUT2D eigenvalue weighted by atomic mass is 32.2. The molecule has 0 saturated heterocycles. The topological polar surface area (TPSA) is 68.3 Å². The third-order valence-electron chi connectivity index (χ3n) is 1.60. The highest BCUT2D eigenvalue weighted by molar-refractivity contribution is 7.92. The molecule has 1 aromatic heterocycles. The van der Waals surface area contributed by atoms with Gasteiger partial charge < -0.3 is 4.74 Å². The second-order valence-corrected chi connectivity index (χ2v) is 4.61. The number of ether oxygens (including phenoxy) is 1. The Kier molecular flexibility index (Phi) is 3.29. The Balaban J connectivity index is 2.79. The Bertz CT molecular complexity index is 386. The summed E-state index contributed by atoms with van der Waals surface area (Å²) in [6.07, 6.45) is 1.41. The van der Waals surface area contributed by atoms with Crippen LogP contribution < -0.4 is 9.46 Å². The molecule has 0 amide bonds. The fraction of sp³-hybridized carbons (Fsp3) is 0.375. The molecule has 5 nitrogen and oxygen atoms in total. The maximum atomic E-state index is 11.2. The van der Waals surface area contributed by atoms with Crippen molar-refractivity contribution in [2.75, 3.05) is 17.6 Å². The molecule has 0 atom stereocenters. The highest BCUT2D eigenvalue weighted by Gasteiger charge is 2.06. The number of hydrogen-bond acceptors (Lipinski definition) is 4. The molecule has 0 spiro atoms. The number of rotatable bonds is 4. The number of anilines is 1. The van der Waals surface area contributed by atoms with Crippen LogP contribution in [0.5, 0.6) is 5.88 Å². The van der Waals surface area contributed by atoms with Crippen LogP contribution in [0.2, 0.25) is 0 Å². The van der Waals surface area contributed by atoms with Crippen LogP contribution in [-0.2, 0) is 10.0 Å². The van der Waals surface area contributed by atoms with Crippen LogP contribution in [0.4, 0.5) is 5.69 Å². The van der Waals surface area contributed by atoms with Crippen LogP contribution in [-0.4, -0.2) is 26.3 Å². The number of hydrogen-bond donors (Lipinski definition) is 1. The first-order valence-electron chi connectivity index (χ1n) is 4.08. The van der Waals surface area contributed by atoms with Gasteiger partial charge in [-0.2, -0.15) is 0 Å². The van der Waals surface area contributed by atoms with E-state index < -0.39 is 10.0 Å². The standard InChI is InChI=1S/C8H12N2O3S/c1-3-14(11,12)10-7-4-5-8(13-2)9-6-7/h4-6,10H,3H2,1-2H3. The van der Waals surface area contributed by atoms with Crippen LogP contribution in [0.3, 0.4) is 0 Å². The molecule has 14 heavy (non-hydrogen) atoms. The van der Waals surface area contributed by atoms with E-state index in [4.69, 9.17) is 4.74 Å². The summed E-state index contributed by atoms with van der Waals surface area (Å²) >= 11 is 0. The predicted molar refractivity (Wildman–Crippen MR) is 53.9 cm³/mol. The summed E-state index contributed by atoms with van der Waals surface area (Å²) in [7, 11) is -1.72. The van der Waals surface area contributed by atoms with Gasteiger partial charge in [0.2, 0.25) is 15.9 Å². The second-order valence-electron chi connectivity index (χ2n) is 2.59. The van der Waals surface area contributed by atoms with E-state index in [1.54, 1.807) is 19.1 Å². The zero-order valence-electron chi connectivity index (χ0n) is 8.02. The Labute approximate surface area is 83.2 Å². The van der Waals surface area contributed by atoms with Crippen molar-refractivity contribution in [3.8, 4) is 5.88 Å². The van der Waals surface area contributed by atoms with Crippen molar-refractivity contribution >= 4 is 15.7 Å². The molecular weight excluding hydrogens is 204 g/mol. The van der Waals surface area contributed by atoms with E-state index in [9.17, 15) is 8.42 Å². The smallest absolute Gasteiger partial charge is 0.232 e. The van der Waals surface area contributed by atoms with Gasteiger partial charge in [-0.3, -0.25) is 4.72 Å². The average Bonchev–Trinajstić information content (AvgIpc) is 2.19. The van der Waals surface area contributed by atoms with Gasteiger partial charge in [0.25, 0.3) is 0 Å². The van der Waals surface area contributed by atoms with E-state index in [0.29, 0.717) is 11.6 Å². The number of methoxy groups -OCH3 is 1. The molecule has 1 heterocycles. The molecule has 6 heteroatoms. The van der Waals surface area contributed by atoms with E-state index in [-0.39, 0.29) is 5.75 Å². The quantitative estimate of drug-likeness (QED) is 0.810. The summed E-state index contributed by atoms with van der Waals surface area (Å²) in [5, 5.41) is 0. The molecule has 0 radical (unpaired) electrons. The van der Waals surface area contributed by atoms with Crippen LogP contribution in [0.1, 0.15) is 6.92 Å². The third kappa shape index (κ3) is 2.88. The minimum absolute atomic E-state index is 0.0407. The molecular formula is C8H12N2O3S. The molecule has 0 aliphatic rings. The molecule has 1 aromatic rings. The summed E-state index contributed by atoms with van der Waals surface area (Å²) in [5.41, 5.74) is 0.438. The largest absolute Gasteiger partial charge is 0.481 e. The van der Waals surface area contributed by atoms with E-state index in [1.165, 1.54) is 13.3 Å². The molecule has 1 N–H and O–H groups in total. The number of aromatic nitrogens is 1. The number of nitrogens with one attached hydrogen (secondary N) is 1. The SMILES string of the molecule is CCS(=O)(=O)Nc1ccc(OC)nc1. The molecule has 0 aliphatic heterocycles. The van der Waals surface area contributed by atoms with Crippen molar-refractivity contribution in [3.63, 3.8) is 0 Å². The van der Waals surface area contributed by atoms with E-state index in [2.05, 4.69) is 9.71 Å². The van der Waals surface area contributed by atoms with Gasteiger partial charge in [-0.15, -0.1) is 0 Å². The van der Waals surface area contributed by atoms with E-state index >= 15 is 0 Å². The van der Waals surface area contributed by atoms with Crippen molar-refractivity contribution in [1.29, 1.82) is 0 Å². The van der Waals surface area contributed by atoms with Gasteiger partial charge in [0, 0.05) is 6.07 Å². The van der Waals surface area contributed by atoms with Crippen molar-refractivity contribution < 1.29 is 13.2 Å². The fourth-order valence-corrected chi connectivity index (χ4v) is 1.44. The Hall–Kier alpha value is -1.30. The predicted octanol–water partition coefficient (Wildman–Crippen LogP) is 0.852. The number of pyridine rings is 1. The summed E-state index contributed by atoms with van der Waals surface area (Å²) in [6.45, 7) is 1.57. The zero-order chi connectivity index (χ0) is 10.6. The lowest BCUT2D eigenvalue weighted by atomic mass is 10.4. The van der Waals surface area contributed by atoms with Gasteiger partial charge >= 0.3 is 0 Å². The minimum atomic E-state index is -3.22. The van der Waals surface area contributed by atoms with Crippen LogP contribution in [0.15, 0.2) is 18.3 Å². The highest BCUT2D eigenvalue weighted by Crippen LogP contribution is 2.12. The lowest BCUT2D eigenvalue weighted by Crippen LogP contribution is -2.14. The molecule has 0 unspecified atom stereocenters. The van der Waals surface area contributed by atoms with Crippen LogP contribution in [0.25, 0.3) is 0 Å². The molecule has 0 saturated carbocycles. The average molecular weight is 216 g/mol. The van der Waals surface area contributed by atoms with Crippen molar-refractivity contribution in [3.05, 3.63) is 18.3 Å². The van der Waals surface area contributed by atoms with Crippen molar-refractivity contribution in [1.82, 2.24) is 4.98 Å². The normalized spacial score (nSPS) is 11.0. The summed E-state index contributed by atoms with van der Waals surface area (Å²) in [5.74, 6) is 0.489. The molecule has 0 aliphatic carbocycles. The summed E-state index contributed by atoms with van der Waals surface area (Å²) in [4.78, 5) is 3.87. The third-order valence-corrected chi connectivity index (χ3v) is 2.91. The monoisotopic (exact) mass is 216 g/mol. The van der Waals surface area contributed by atoms with Crippen LogP contribution in [0, 0.1) is 0 Å². The van der Waals surface area contributed by atoms with Crippen LogP contribution >= 0.6 is 0 Å². The van der Waals surface area contributed by atoms with Gasteiger partial charge in [0.1, 0.15) is 0 Å². The maximum absolute atomic E-state index is 11.2. The first-order valence-corrected chi connectivity index (χ1v) is 5.73. The Morgan fingerprint density at radius 3 is 2.64 bits per heavy atom. The van der Waals surface area contributed by atoms with Gasteiger partial charge in [-0.05, 0) is 13.0 Å². The minimum Gasteiger partial charge on any atom is -0.481 e. The Morgan fingerprint density at radius 2 is 2.21 bits per heavy atom. The zero-order valence-corrected chi connectivity index (χ0v) is 8.84. The fourth-order valence-electron chi connectivity index (χ4n) is 0.813. The first-order chi connectivity index (χ1) is 6.57. The number of sulfonamides is 1. The van der Waals surface area contributed by atoms with Crippen molar-refractivity contribution in [2.24, 2.45) is 0 Å². The lowest BCUT2D eigenvalue weighted by molar-refractivity contribution is 0.398. The lowest BCUT2D eigenvalue weighted by Gasteiger charge is -2.05. The summed E-state index contributed by atoms with van der Waals surface area (Å²) in [6, 6.07) is 3.19. The first kappa shape index (κ1) is 10.8. The van der Waals surface area contributed by atoms with Gasteiger partial charge in [0.15, 0.2) is 0 Å². The molecule has 0 fully saturated rings. The second kappa shape index (κ2) is 4.28. The van der Waals surface area contributed by atoms with E-state index in [0.717, 1.165) is 0 Å². The van der Waals surface area contributed by atoms with Gasteiger partial charge in [0.05, 0.1) is 24.7 Å². The van der Waals surface area contributed by atoms with Gasteiger partial charge in [-0.1, -0.05) is 0 Å². The Morgan fingerprint density at radius 1 is 1.50 bits per heavy atom. The molecule has 1 rings (SSSR count). The number of nitrogens with zero attached hydrogens (tertiary/aromatic N) is 1. The molecule has 0 bridgehead atoms. The van der Waals surface area contributed by atoms with Gasteiger partial charge in [-0.25, -0.2) is 13.4 Å². The molecule has 0 aromatic carbocycles. The summed E-state index contributed by atoms with van der Waals surface area (Å²) < 4.78 is 29.5. The molecule has 78 valence electrons. The van der Waals surface area contributed by atoms with E-state index in [1.807, 2.05) is 0 Å². The van der Waals surface area contributed by atoms with Crippen molar-refractivity contribution in [2.45, 2.75) is 6.92 Å². The maximum Gasteiger partial charge on any atom is 0.232 e.